The fraction of sp³-hybridized carbons (Fsp3) is 0.483. The summed E-state index contributed by atoms with van der Waals surface area (Å²) in [6, 6.07) is 6.34. The molecule has 3 aromatic rings. The van der Waals surface area contributed by atoms with Gasteiger partial charge in [-0.3, -0.25) is 18.9 Å². The van der Waals surface area contributed by atoms with Gasteiger partial charge in [-0.15, -0.1) is 0 Å². The zero-order chi connectivity index (χ0) is 28.8. The van der Waals surface area contributed by atoms with E-state index in [-0.39, 0.29) is 17.2 Å². The topological polar surface area (TPSA) is 73.2 Å². The average molecular weight is 559 g/mol. The highest BCUT2D eigenvalue weighted by Crippen LogP contribution is 2.32. The van der Waals surface area contributed by atoms with Crippen LogP contribution in [0.2, 0.25) is 0 Å². The van der Waals surface area contributed by atoms with Gasteiger partial charge in [0.05, 0.1) is 11.6 Å². The summed E-state index contributed by atoms with van der Waals surface area (Å²) in [6.45, 7) is 9.07. The third-order valence-electron chi connectivity index (χ3n) is 7.39. The molecule has 216 valence electrons. The third-order valence-corrected chi connectivity index (χ3v) is 7.39. The average Bonchev–Trinajstić information content (AvgIpc) is 2.93. The molecule has 4 heterocycles. The third kappa shape index (κ3) is 7.47. The Kier molecular flexibility index (Phi) is 9.94. The first-order valence-electron chi connectivity index (χ1n) is 13.6. The van der Waals surface area contributed by atoms with Crippen LogP contribution in [0.5, 0.6) is 0 Å². The van der Waals surface area contributed by atoms with E-state index in [1.165, 1.54) is 28.8 Å². The molecule has 0 aliphatic carbocycles. The number of amides is 1. The summed E-state index contributed by atoms with van der Waals surface area (Å²) in [6.07, 6.45) is 4.94. The quantitative estimate of drug-likeness (QED) is 0.469. The number of nitrogens with one attached hydrogen (secondary N) is 1. The molecule has 5 rings (SSSR count). The molecule has 1 amide bonds. The Labute approximate surface area is 232 Å². The summed E-state index contributed by atoms with van der Waals surface area (Å²) in [7, 11) is 2.09. The van der Waals surface area contributed by atoms with Gasteiger partial charge in [-0.2, -0.15) is 0 Å². The van der Waals surface area contributed by atoms with E-state index in [0.717, 1.165) is 51.1 Å². The van der Waals surface area contributed by atoms with E-state index in [4.69, 9.17) is 0 Å². The molecule has 8 nitrogen and oxygen atoms in total. The fourth-order valence-electron chi connectivity index (χ4n) is 5.25. The molecule has 2 aliphatic rings. The Hall–Kier alpha value is -3.28. The smallest absolute Gasteiger partial charge is 0.262 e. The molecular weight excluding hydrogens is 521 g/mol. The molecule has 0 spiro atoms. The minimum absolute atomic E-state index is 0.187. The lowest BCUT2D eigenvalue weighted by atomic mass is 9.91. The van der Waals surface area contributed by atoms with Crippen LogP contribution in [-0.2, 0) is 11.3 Å². The number of likely N-dealkylation sites (N-methyl/N-ethyl adjacent to an activating group) is 1. The van der Waals surface area contributed by atoms with Gasteiger partial charge in [0.25, 0.3) is 5.56 Å². The number of fused-ring (bicyclic) bond motifs is 1. The van der Waals surface area contributed by atoms with Gasteiger partial charge in [-0.05, 0) is 50.2 Å². The standard InChI is InChI=1S/C15H20F2N2O.C14H17FN4O/c1-10(2)18-12-5-6-19(9-20)15(8-12)13-7-11(16)3-4-14(13)17;1-17-4-6-18(7-5-17)9-11-8-16-13-3-2-12(15)10-19(13)14(11)20/h3-4,7,9-10,12,15,18H,5-6,8H2,1-2H3;2-3,8,10H,4-7,9H2,1H3. The van der Waals surface area contributed by atoms with Crippen molar-refractivity contribution in [2.24, 2.45) is 0 Å². The van der Waals surface area contributed by atoms with Gasteiger partial charge >= 0.3 is 0 Å². The largest absolute Gasteiger partial charge is 0.338 e. The molecule has 1 aromatic carbocycles. The number of hydrogen-bond acceptors (Lipinski definition) is 6. The monoisotopic (exact) mass is 558 g/mol. The van der Waals surface area contributed by atoms with Crippen molar-refractivity contribution in [1.82, 2.24) is 29.4 Å². The highest BCUT2D eigenvalue weighted by atomic mass is 19.1. The van der Waals surface area contributed by atoms with E-state index >= 15 is 0 Å². The van der Waals surface area contributed by atoms with Crippen molar-refractivity contribution in [3.8, 4) is 0 Å². The van der Waals surface area contributed by atoms with Crippen LogP contribution in [0.15, 0.2) is 47.5 Å². The van der Waals surface area contributed by atoms with Crippen LogP contribution in [0.1, 0.15) is 43.9 Å². The summed E-state index contributed by atoms with van der Waals surface area (Å²) < 4.78 is 41.8. The number of halogens is 3. The number of aromatic nitrogens is 2. The van der Waals surface area contributed by atoms with Crippen LogP contribution < -0.4 is 10.9 Å². The molecule has 2 aromatic heterocycles. The molecule has 0 bridgehead atoms. The van der Waals surface area contributed by atoms with Crippen LogP contribution in [0, 0.1) is 17.5 Å². The summed E-state index contributed by atoms with van der Waals surface area (Å²) in [4.78, 5) is 33.8. The molecule has 2 atom stereocenters. The number of nitrogens with zero attached hydrogens (tertiary/aromatic N) is 5. The predicted molar refractivity (Wildman–Crippen MR) is 147 cm³/mol. The second-order valence-corrected chi connectivity index (χ2v) is 10.8. The molecule has 11 heteroatoms. The van der Waals surface area contributed by atoms with Gasteiger partial charge in [0.15, 0.2) is 0 Å². The van der Waals surface area contributed by atoms with Crippen LogP contribution >= 0.6 is 0 Å². The van der Waals surface area contributed by atoms with E-state index in [1.54, 1.807) is 11.1 Å². The lowest BCUT2D eigenvalue weighted by Crippen LogP contribution is -2.46. The first kappa shape index (κ1) is 29.7. The Morgan fingerprint density at radius 2 is 1.77 bits per heavy atom. The first-order valence-corrected chi connectivity index (χ1v) is 13.6. The number of piperazine rings is 1. The molecule has 2 aliphatic heterocycles. The fourth-order valence-corrected chi connectivity index (χ4v) is 5.25. The minimum Gasteiger partial charge on any atom is -0.338 e. The Balaban J connectivity index is 0.000000185. The molecular formula is C29H37F3N6O2. The van der Waals surface area contributed by atoms with E-state index in [9.17, 15) is 22.8 Å². The van der Waals surface area contributed by atoms with Crippen LogP contribution in [-0.4, -0.2) is 82.3 Å². The molecule has 0 radical (unpaired) electrons. The highest BCUT2D eigenvalue weighted by Gasteiger charge is 2.31. The van der Waals surface area contributed by atoms with E-state index in [1.807, 2.05) is 13.8 Å². The van der Waals surface area contributed by atoms with Crippen LogP contribution in [0.25, 0.3) is 5.65 Å². The van der Waals surface area contributed by atoms with Crippen LogP contribution in [0.4, 0.5) is 13.2 Å². The van der Waals surface area contributed by atoms with Gasteiger partial charge in [-0.25, -0.2) is 18.2 Å². The number of carbonyl (C=O) groups excluding carboxylic acids is 1. The predicted octanol–water partition coefficient (Wildman–Crippen LogP) is 3.21. The Morgan fingerprint density at radius 3 is 2.48 bits per heavy atom. The van der Waals surface area contributed by atoms with Crippen molar-refractivity contribution in [1.29, 1.82) is 0 Å². The molecule has 0 saturated carbocycles. The number of piperidine rings is 1. The van der Waals surface area contributed by atoms with Crippen molar-refractivity contribution in [2.75, 3.05) is 39.8 Å². The molecule has 2 saturated heterocycles. The lowest BCUT2D eigenvalue weighted by Gasteiger charge is -2.38. The maximum Gasteiger partial charge on any atom is 0.262 e. The van der Waals surface area contributed by atoms with Gasteiger partial charge in [0, 0.05) is 69.3 Å². The van der Waals surface area contributed by atoms with Crippen molar-refractivity contribution in [3.05, 3.63) is 81.7 Å². The second-order valence-electron chi connectivity index (χ2n) is 10.8. The Bertz CT molecular complexity index is 1360. The first-order chi connectivity index (χ1) is 19.1. The molecule has 2 fully saturated rings. The summed E-state index contributed by atoms with van der Waals surface area (Å²) in [5, 5.41) is 3.40. The summed E-state index contributed by atoms with van der Waals surface area (Å²) >= 11 is 0. The maximum atomic E-state index is 13.9. The van der Waals surface area contributed by atoms with Crippen molar-refractivity contribution < 1.29 is 18.0 Å². The molecule has 40 heavy (non-hydrogen) atoms. The number of hydrogen-bond donors (Lipinski definition) is 1. The summed E-state index contributed by atoms with van der Waals surface area (Å²) in [5.74, 6) is -1.38. The summed E-state index contributed by atoms with van der Waals surface area (Å²) in [5.41, 5.74) is 1.15. The molecule has 2 unspecified atom stereocenters. The van der Waals surface area contributed by atoms with Gasteiger partial charge in [0.2, 0.25) is 6.41 Å². The zero-order valence-electron chi connectivity index (χ0n) is 23.2. The SMILES string of the molecule is CC(C)NC1CCN(C=O)C(c2cc(F)ccc2F)C1.CN1CCN(Cc2cnc3ccc(F)cn3c2=O)CC1. The number of pyridine rings is 1. The number of rotatable bonds is 6. The van der Waals surface area contributed by atoms with Crippen molar-refractivity contribution in [3.63, 3.8) is 0 Å². The maximum absolute atomic E-state index is 13.9. The normalized spacial score (nSPS) is 20.4. The minimum atomic E-state index is -0.480. The molecule has 1 N–H and O–H groups in total. The zero-order valence-corrected chi connectivity index (χ0v) is 23.2. The second kappa shape index (κ2) is 13.4. The number of carbonyl (C=O) groups is 1. The van der Waals surface area contributed by atoms with Gasteiger partial charge < -0.3 is 15.1 Å². The van der Waals surface area contributed by atoms with E-state index < -0.39 is 23.5 Å². The van der Waals surface area contributed by atoms with Crippen LogP contribution in [0.3, 0.4) is 0 Å². The highest BCUT2D eigenvalue weighted by molar-refractivity contribution is 5.49. The number of benzene rings is 1. The van der Waals surface area contributed by atoms with E-state index in [2.05, 4.69) is 27.1 Å². The van der Waals surface area contributed by atoms with E-state index in [0.29, 0.717) is 36.8 Å². The van der Waals surface area contributed by atoms with Crippen molar-refractivity contribution in [2.45, 2.75) is 51.4 Å². The Morgan fingerprint density at radius 1 is 1.05 bits per heavy atom. The van der Waals surface area contributed by atoms with Crippen molar-refractivity contribution >= 4 is 12.1 Å². The lowest BCUT2D eigenvalue weighted by molar-refractivity contribution is -0.122. The van der Waals surface area contributed by atoms with Gasteiger partial charge in [0.1, 0.15) is 23.1 Å². The number of likely N-dealkylation sites (tertiary alicyclic amines) is 1. The van der Waals surface area contributed by atoms with Gasteiger partial charge in [-0.1, -0.05) is 13.8 Å².